The molecule has 1 aromatic heterocycles. The number of nitrogens with zero attached hydrogens (tertiary/aromatic N) is 1. The average molecular weight is 254 g/mol. The van der Waals surface area contributed by atoms with Crippen LogP contribution in [-0.2, 0) is 6.18 Å². The summed E-state index contributed by atoms with van der Waals surface area (Å²) < 4.78 is 42.6. The lowest BCUT2D eigenvalue weighted by Gasteiger charge is -2.11. The first-order valence-corrected chi connectivity index (χ1v) is 5.01. The van der Waals surface area contributed by atoms with Gasteiger partial charge in [-0.25, -0.2) is 0 Å². The number of hydrogen-bond donors (Lipinski definition) is 1. The van der Waals surface area contributed by atoms with Gasteiger partial charge in [-0.3, -0.25) is 4.98 Å². The van der Waals surface area contributed by atoms with Crippen LogP contribution >= 0.6 is 0 Å². The third-order valence-corrected chi connectivity index (χ3v) is 2.20. The molecule has 0 amide bonds. The van der Waals surface area contributed by atoms with Gasteiger partial charge in [0.25, 0.3) is 0 Å². The zero-order valence-corrected chi connectivity index (χ0v) is 9.11. The quantitative estimate of drug-likeness (QED) is 0.834. The lowest BCUT2D eigenvalue weighted by atomic mass is 10.2. The Bertz CT molecular complexity index is 541. The molecular weight excluding hydrogens is 245 g/mol. The standard InChI is InChI=1S/C12H9F3N2O/c13-12(14,15)8-3-4-11(10(16)6-8)18-9-2-1-5-17-7-9/h1-7H,16H2. The lowest BCUT2D eigenvalue weighted by molar-refractivity contribution is -0.137. The van der Waals surface area contributed by atoms with Crippen molar-refractivity contribution in [1.29, 1.82) is 0 Å². The predicted octanol–water partition coefficient (Wildman–Crippen LogP) is 3.47. The van der Waals surface area contributed by atoms with Crippen molar-refractivity contribution in [2.24, 2.45) is 0 Å². The summed E-state index contributed by atoms with van der Waals surface area (Å²) in [5.41, 5.74) is 4.64. The van der Waals surface area contributed by atoms with Gasteiger partial charge in [0.05, 0.1) is 17.4 Å². The highest BCUT2D eigenvalue weighted by Crippen LogP contribution is 2.35. The molecule has 94 valence electrons. The molecule has 0 aliphatic rings. The van der Waals surface area contributed by atoms with Gasteiger partial charge < -0.3 is 10.5 Å². The van der Waals surface area contributed by atoms with Crippen molar-refractivity contribution in [2.45, 2.75) is 6.18 Å². The predicted molar refractivity (Wildman–Crippen MR) is 60.2 cm³/mol. The van der Waals surface area contributed by atoms with Crippen LogP contribution in [0.25, 0.3) is 0 Å². The zero-order chi connectivity index (χ0) is 13.2. The molecule has 1 heterocycles. The van der Waals surface area contributed by atoms with Crippen molar-refractivity contribution < 1.29 is 17.9 Å². The molecule has 2 N–H and O–H groups in total. The van der Waals surface area contributed by atoms with Gasteiger partial charge in [0.15, 0.2) is 0 Å². The minimum Gasteiger partial charge on any atom is -0.454 e. The first-order valence-electron chi connectivity index (χ1n) is 5.01. The molecule has 0 aliphatic carbocycles. The van der Waals surface area contributed by atoms with Crippen LogP contribution < -0.4 is 10.5 Å². The number of rotatable bonds is 2. The van der Waals surface area contributed by atoms with Crippen molar-refractivity contribution in [2.75, 3.05) is 5.73 Å². The maximum Gasteiger partial charge on any atom is 0.416 e. The highest BCUT2D eigenvalue weighted by molar-refractivity contribution is 5.56. The van der Waals surface area contributed by atoms with Gasteiger partial charge in [0.1, 0.15) is 11.5 Å². The van der Waals surface area contributed by atoms with E-state index >= 15 is 0 Å². The first-order chi connectivity index (χ1) is 8.47. The summed E-state index contributed by atoms with van der Waals surface area (Å²) in [5, 5.41) is 0. The Hall–Kier alpha value is -2.24. The normalized spacial score (nSPS) is 11.3. The molecule has 0 atom stereocenters. The number of halogens is 3. The van der Waals surface area contributed by atoms with Crippen LogP contribution in [0, 0.1) is 0 Å². The molecule has 0 fully saturated rings. The lowest BCUT2D eigenvalue weighted by Crippen LogP contribution is -2.05. The first kappa shape index (κ1) is 12.2. The Balaban J connectivity index is 2.26. The van der Waals surface area contributed by atoms with Gasteiger partial charge in [-0.2, -0.15) is 13.2 Å². The number of hydrogen-bond acceptors (Lipinski definition) is 3. The summed E-state index contributed by atoms with van der Waals surface area (Å²) in [6.45, 7) is 0. The van der Waals surface area contributed by atoms with Crippen LogP contribution in [0.15, 0.2) is 42.7 Å². The minimum absolute atomic E-state index is 0.0753. The molecule has 0 aliphatic heterocycles. The van der Waals surface area contributed by atoms with E-state index in [1.54, 1.807) is 18.3 Å². The Kier molecular flexibility index (Phi) is 3.10. The molecule has 18 heavy (non-hydrogen) atoms. The second kappa shape index (κ2) is 4.56. The second-order valence-corrected chi connectivity index (χ2v) is 3.54. The highest BCUT2D eigenvalue weighted by atomic mass is 19.4. The fraction of sp³-hybridized carbons (Fsp3) is 0.0833. The highest BCUT2D eigenvalue weighted by Gasteiger charge is 2.30. The Labute approximate surface area is 101 Å². The molecule has 2 aromatic rings. The van der Waals surface area contributed by atoms with E-state index in [0.717, 1.165) is 12.1 Å². The Morgan fingerprint density at radius 3 is 2.50 bits per heavy atom. The summed E-state index contributed by atoms with van der Waals surface area (Å²) in [4.78, 5) is 3.82. The average Bonchev–Trinajstić information content (AvgIpc) is 2.32. The molecule has 2 rings (SSSR count). The number of alkyl halides is 3. The molecule has 0 bridgehead atoms. The van der Waals surface area contributed by atoms with Crippen LogP contribution in [0.1, 0.15) is 5.56 Å². The molecule has 0 saturated carbocycles. The summed E-state index contributed by atoms with van der Waals surface area (Å²) >= 11 is 0. The topological polar surface area (TPSA) is 48.1 Å². The molecule has 0 radical (unpaired) electrons. The molecule has 0 spiro atoms. The van der Waals surface area contributed by atoms with E-state index in [1.807, 2.05) is 0 Å². The van der Waals surface area contributed by atoms with E-state index in [4.69, 9.17) is 10.5 Å². The molecular formula is C12H9F3N2O. The summed E-state index contributed by atoms with van der Waals surface area (Å²) in [6, 6.07) is 6.22. The fourth-order valence-electron chi connectivity index (χ4n) is 1.35. The SMILES string of the molecule is Nc1cc(C(F)(F)F)ccc1Oc1cccnc1. The minimum atomic E-state index is -4.42. The van der Waals surface area contributed by atoms with Crippen molar-refractivity contribution in [3.8, 4) is 11.5 Å². The maximum absolute atomic E-state index is 12.4. The number of nitrogen functional groups attached to an aromatic ring is 1. The van der Waals surface area contributed by atoms with E-state index in [2.05, 4.69) is 4.98 Å². The van der Waals surface area contributed by atoms with Crippen LogP contribution in [0.5, 0.6) is 11.5 Å². The van der Waals surface area contributed by atoms with Gasteiger partial charge in [-0.05, 0) is 30.3 Å². The van der Waals surface area contributed by atoms with Crippen LogP contribution in [-0.4, -0.2) is 4.98 Å². The van der Waals surface area contributed by atoms with Crippen molar-refractivity contribution in [3.05, 3.63) is 48.3 Å². The molecule has 0 saturated heterocycles. The fourth-order valence-corrected chi connectivity index (χ4v) is 1.35. The van der Waals surface area contributed by atoms with Crippen LogP contribution in [0.4, 0.5) is 18.9 Å². The third kappa shape index (κ3) is 2.71. The number of aromatic nitrogens is 1. The van der Waals surface area contributed by atoms with E-state index in [-0.39, 0.29) is 11.4 Å². The Morgan fingerprint density at radius 2 is 1.94 bits per heavy atom. The van der Waals surface area contributed by atoms with E-state index < -0.39 is 11.7 Å². The molecule has 1 aromatic carbocycles. The molecule has 6 heteroatoms. The smallest absolute Gasteiger partial charge is 0.416 e. The van der Waals surface area contributed by atoms with Gasteiger partial charge >= 0.3 is 6.18 Å². The summed E-state index contributed by atoms with van der Waals surface area (Å²) in [6.07, 6.45) is -1.42. The van der Waals surface area contributed by atoms with Crippen molar-refractivity contribution in [3.63, 3.8) is 0 Å². The summed E-state index contributed by atoms with van der Waals surface area (Å²) in [7, 11) is 0. The van der Waals surface area contributed by atoms with Gasteiger partial charge in [0, 0.05) is 6.20 Å². The largest absolute Gasteiger partial charge is 0.454 e. The molecule has 3 nitrogen and oxygen atoms in total. The van der Waals surface area contributed by atoms with Crippen LogP contribution in [0.3, 0.4) is 0 Å². The second-order valence-electron chi connectivity index (χ2n) is 3.54. The van der Waals surface area contributed by atoms with E-state index in [1.165, 1.54) is 12.3 Å². The number of pyridine rings is 1. The third-order valence-electron chi connectivity index (χ3n) is 2.20. The van der Waals surface area contributed by atoms with E-state index in [9.17, 15) is 13.2 Å². The number of nitrogens with two attached hydrogens (primary N) is 1. The van der Waals surface area contributed by atoms with E-state index in [0.29, 0.717) is 5.75 Å². The number of anilines is 1. The number of ether oxygens (including phenoxy) is 1. The zero-order valence-electron chi connectivity index (χ0n) is 9.11. The van der Waals surface area contributed by atoms with Gasteiger partial charge in [-0.1, -0.05) is 0 Å². The van der Waals surface area contributed by atoms with Crippen LogP contribution in [0.2, 0.25) is 0 Å². The van der Waals surface area contributed by atoms with Gasteiger partial charge in [-0.15, -0.1) is 0 Å². The number of benzene rings is 1. The van der Waals surface area contributed by atoms with Crippen molar-refractivity contribution >= 4 is 5.69 Å². The van der Waals surface area contributed by atoms with Gasteiger partial charge in [0.2, 0.25) is 0 Å². The molecule has 0 unspecified atom stereocenters. The van der Waals surface area contributed by atoms with Crippen molar-refractivity contribution in [1.82, 2.24) is 4.98 Å². The maximum atomic E-state index is 12.4. The monoisotopic (exact) mass is 254 g/mol. The Morgan fingerprint density at radius 1 is 1.17 bits per heavy atom. The summed E-state index contributed by atoms with van der Waals surface area (Å²) in [5.74, 6) is 0.569.